The molecule has 0 aliphatic rings. The SMILES string of the molecule is CCCC[C@@H](COC(=O)N(Cc1ccc(OC)cc1)Cc1ccc(OC)cc1)NC(=O)OC(C)(C)C. The molecule has 2 aromatic rings. The summed E-state index contributed by atoms with van der Waals surface area (Å²) in [5, 5.41) is 2.84. The lowest BCUT2D eigenvalue weighted by Crippen LogP contribution is -2.43. The molecule has 36 heavy (non-hydrogen) atoms. The molecule has 0 radical (unpaired) electrons. The Hall–Kier alpha value is -3.42. The maximum absolute atomic E-state index is 13.2. The molecule has 2 aromatic carbocycles. The summed E-state index contributed by atoms with van der Waals surface area (Å²) in [6.07, 6.45) is 1.54. The predicted octanol–water partition coefficient (Wildman–Crippen LogP) is 5.93. The molecule has 0 unspecified atom stereocenters. The van der Waals surface area contributed by atoms with Gasteiger partial charge in [-0.1, -0.05) is 44.0 Å². The van der Waals surface area contributed by atoms with Crippen LogP contribution in [0.2, 0.25) is 0 Å². The molecule has 0 saturated heterocycles. The lowest BCUT2D eigenvalue weighted by atomic mass is 10.1. The van der Waals surface area contributed by atoms with Crippen molar-refractivity contribution in [2.75, 3.05) is 20.8 Å². The lowest BCUT2D eigenvalue weighted by molar-refractivity contribution is 0.0442. The largest absolute Gasteiger partial charge is 0.497 e. The second-order valence-electron chi connectivity index (χ2n) is 9.61. The number of hydrogen-bond acceptors (Lipinski definition) is 6. The van der Waals surface area contributed by atoms with Gasteiger partial charge in [-0.25, -0.2) is 9.59 Å². The third-order valence-electron chi connectivity index (χ3n) is 5.36. The van der Waals surface area contributed by atoms with E-state index in [4.69, 9.17) is 18.9 Å². The number of hydrogen-bond donors (Lipinski definition) is 1. The Kier molecular flexibility index (Phi) is 11.4. The molecule has 1 N–H and O–H groups in total. The number of ether oxygens (including phenoxy) is 4. The highest BCUT2D eigenvalue weighted by molar-refractivity contribution is 5.69. The van der Waals surface area contributed by atoms with E-state index in [1.54, 1.807) is 19.1 Å². The first-order valence-electron chi connectivity index (χ1n) is 12.3. The van der Waals surface area contributed by atoms with E-state index in [1.807, 2.05) is 69.3 Å². The van der Waals surface area contributed by atoms with Crippen LogP contribution in [0.5, 0.6) is 11.5 Å². The fourth-order valence-corrected chi connectivity index (χ4v) is 3.47. The average molecular weight is 501 g/mol. The Morgan fingerprint density at radius 3 is 1.81 bits per heavy atom. The maximum atomic E-state index is 13.2. The smallest absolute Gasteiger partial charge is 0.410 e. The number of nitrogens with zero attached hydrogens (tertiary/aromatic N) is 1. The van der Waals surface area contributed by atoms with Crippen LogP contribution in [-0.4, -0.2) is 49.6 Å². The fourth-order valence-electron chi connectivity index (χ4n) is 3.47. The standard InChI is InChI=1S/C28H40N2O6/c1-7-8-9-23(29-26(31)36-28(2,3)4)20-35-27(32)30(18-21-10-14-24(33-5)15-11-21)19-22-12-16-25(34-6)17-13-22/h10-17,23H,7-9,18-20H2,1-6H3,(H,29,31)/t23-/m0/s1. The fraction of sp³-hybridized carbons (Fsp3) is 0.500. The van der Waals surface area contributed by atoms with Gasteiger partial charge in [-0.2, -0.15) is 0 Å². The van der Waals surface area contributed by atoms with Gasteiger partial charge in [0.1, 0.15) is 23.7 Å². The Balaban J connectivity index is 2.11. The molecule has 2 amide bonds. The van der Waals surface area contributed by atoms with Crippen molar-refractivity contribution >= 4 is 12.2 Å². The van der Waals surface area contributed by atoms with E-state index in [9.17, 15) is 9.59 Å². The van der Waals surface area contributed by atoms with Gasteiger partial charge in [0.05, 0.1) is 20.3 Å². The third kappa shape index (κ3) is 10.5. The van der Waals surface area contributed by atoms with E-state index in [2.05, 4.69) is 12.2 Å². The predicted molar refractivity (Wildman–Crippen MR) is 139 cm³/mol. The van der Waals surface area contributed by atoms with Gasteiger partial charge in [-0.15, -0.1) is 0 Å². The second-order valence-corrected chi connectivity index (χ2v) is 9.61. The van der Waals surface area contributed by atoms with Crippen LogP contribution in [0.15, 0.2) is 48.5 Å². The molecule has 8 nitrogen and oxygen atoms in total. The number of rotatable bonds is 12. The Labute approximate surface area is 214 Å². The number of amides is 2. The molecule has 0 aliphatic carbocycles. The summed E-state index contributed by atoms with van der Waals surface area (Å²) in [7, 11) is 3.23. The van der Waals surface area contributed by atoms with E-state index in [0.717, 1.165) is 35.5 Å². The van der Waals surface area contributed by atoms with Crippen LogP contribution in [0.4, 0.5) is 9.59 Å². The molecule has 0 heterocycles. The van der Waals surface area contributed by atoms with Crippen molar-refractivity contribution < 1.29 is 28.5 Å². The second kappa shape index (κ2) is 14.2. The number of alkyl carbamates (subject to hydrolysis) is 1. The molecule has 0 saturated carbocycles. The highest BCUT2D eigenvalue weighted by Crippen LogP contribution is 2.18. The van der Waals surface area contributed by atoms with E-state index in [1.165, 1.54) is 0 Å². The maximum Gasteiger partial charge on any atom is 0.410 e. The van der Waals surface area contributed by atoms with Gasteiger partial charge < -0.3 is 24.3 Å². The number of unbranched alkanes of at least 4 members (excludes halogenated alkanes) is 1. The van der Waals surface area contributed by atoms with Crippen molar-refractivity contribution in [1.82, 2.24) is 10.2 Å². The molecular formula is C28H40N2O6. The summed E-state index contributed by atoms with van der Waals surface area (Å²) in [6, 6.07) is 14.8. The number of carbonyl (C=O) groups is 2. The zero-order valence-corrected chi connectivity index (χ0v) is 22.3. The molecule has 0 spiro atoms. The first kappa shape index (κ1) is 28.8. The van der Waals surface area contributed by atoms with Gasteiger partial charge in [-0.05, 0) is 62.6 Å². The van der Waals surface area contributed by atoms with Gasteiger partial charge in [0.15, 0.2) is 0 Å². The topological polar surface area (TPSA) is 86.3 Å². The zero-order chi connectivity index (χ0) is 26.6. The Morgan fingerprint density at radius 2 is 1.39 bits per heavy atom. The summed E-state index contributed by atoms with van der Waals surface area (Å²) >= 11 is 0. The summed E-state index contributed by atoms with van der Waals surface area (Å²) in [5.74, 6) is 1.49. The molecule has 0 aromatic heterocycles. The minimum absolute atomic E-state index is 0.0554. The highest BCUT2D eigenvalue weighted by Gasteiger charge is 2.22. The molecule has 8 heteroatoms. The van der Waals surface area contributed by atoms with Gasteiger partial charge in [0.25, 0.3) is 0 Å². The highest BCUT2D eigenvalue weighted by atomic mass is 16.6. The van der Waals surface area contributed by atoms with Crippen molar-refractivity contribution in [2.45, 2.75) is 71.7 Å². The molecule has 0 bridgehead atoms. The normalized spacial score (nSPS) is 11.8. The minimum atomic E-state index is -0.608. The van der Waals surface area contributed by atoms with E-state index >= 15 is 0 Å². The minimum Gasteiger partial charge on any atom is -0.497 e. The number of carbonyl (C=O) groups excluding carboxylic acids is 2. The van der Waals surface area contributed by atoms with Crippen LogP contribution in [0.1, 0.15) is 58.1 Å². The monoisotopic (exact) mass is 500 g/mol. The van der Waals surface area contributed by atoms with Crippen molar-refractivity contribution in [3.8, 4) is 11.5 Å². The Morgan fingerprint density at radius 1 is 0.889 bits per heavy atom. The first-order chi connectivity index (χ1) is 17.1. The van der Waals surface area contributed by atoms with Gasteiger partial charge in [-0.3, -0.25) is 4.90 Å². The number of methoxy groups -OCH3 is 2. The van der Waals surface area contributed by atoms with E-state index in [-0.39, 0.29) is 12.6 Å². The molecular weight excluding hydrogens is 460 g/mol. The molecule has 0 aliphatic heterocycles. The summed E-state index contributed by atoms with van der Waals surface area (Å²) in [5.41, 5.74) is 1.27. The van der Waals surface area contributed by atoms with E-state index in [0.29, 0.717) is 19.5 Å². The van der Waals surface area contributed by atoms with Crippen molar-refractivity contribution in [3.05, 3.63) is 59.7 Å². The van der Waals surface area contributed by atoms with Crippen LogP contribution < -0.4 is 14.8 Å². The third-order valence-corrected chi connectivity index (χ3v) is 5.36. The summed E-state index contributed by atoms with van der Waals surface area (Å²) in [4.78, 5) is 27.1. The Bertz CT molecular complexity index is 889. The summed E-state index contributed by atoms with van der Waals surface area (Å²) < 4.78 is 21.5. The van der Waals surface area contributed by atoms with Crippen LogP contribution in [-0.2, 0) is 22.6 Å². The van der Waals surface area contributed by atoms with Crippen LogP contribution >= 0.6 is 0 Å². The van der Waals surface area contributed by atoms with Crippen molar-refractivity contribution in [2.24, 2.45) is 0 Å². The number of nitrogens with one attached hydrogen (secondary N) is 1. The zero-order valence-electron chi connectivity index (χ0n) is 22.3. The molecule has 198 valence electrons. The van der Waals surface area contributed by atoms with Gasteiger partial charge >= 0.3 is 12.2 Å². The van der Waals surface area contributed by atoms with Crippen LogP contribution in [0.3, 0.4) is 0 Å². The van der Waals surface area contributed by atoms with Crippen LogP contribution in [0, 0.1) is 0 Å². The van der Waals surface area contributed by atoms with E-state index < -0.39 is 17.8 Å². The summed E-state index contributed by atoms with van der Waals surface area (Å²) in [6.45, 7) is 8.27. The molecule has 0 fully saturated rings. The quantitative estimate of drug-likeness (QED) is 0.389. The van der Waals surface area contributed by atoms with Crippen molar-refractivity contribution in [3.63, 3.8) is 0 Å². The van der Waals surface area contributed by atoms with Gasteiger partial charge in [0.2, 0.25) is 0 Å². The number of benzene rings is 2. The lowest BCUT2D eigenvalue weighted by Gasteiger charge is -2.26. The first-order valence-corrected chi connectivity index (χ1v) is 12.3. The average Bonchev–Trinajstić information content (AvgIpc) is 2.84. The van der Waals surface area contributed by atoms with Gasteiger partial charge in [0, 0.05) is 13.1 Å². The van der Waals surface area contributed by atoms with Crippen molar-refractivity contribution in [1.29, 1.82) is 0 Å². The molecule has 1 atom stereocenters. The molecule has 2 rings (SSSR count). The van der Waals surface area contributed by atoms with Crippen LogP contribution in [0.25, 0.3) is 0 Å².